The average molecular weight is 426 g/mol. The third-order valence-corrected chi connectivity index (χ3v) is 7.85. The highest BCUT2D eigenvalue weighted by molar-refractivity contribution is 7.91. The highest BCUT2D eigenvalue weighted by atomic mass is 32.2. The largest absolute Gasteiger partial charge is 0.240 e. The summed E-state index contributed by atoms with van der Waals surface area (Å²) >= 11 is 0. The van der Waals surface area contributed by atoms with Crippen LogP contribution in [0.3, 0.4) is 0 Å². The van der Waals surface area contributed by atoms with E-state index in [1.54, 1.807) is 0 Å². The van der Waals surface area contributed by atoms with E-state index in [9.17, 15) is 21.2 Å². The predicted molar refractivity (Wildman–Crippen MR) is 106 cm³/mol. The van der Waals surface area contributed by atoms with Gasteiger partial charge in [-0.1, -0.05) is 43.2 Å². The minimum atomic E-state index is -3.96. The minimum absolute atomic E-state index is 0.173. The Morgan fingerprint density at radius 3 is 2.25 bits per heavy atom. The number of sulfonamides is 1. The van der Waals surface area contributed by atoms with Crippen LogP contribution in [-0.4, -0.2) is 29.6 Å². The molecule has 5 nitrogen and oxygen atoms in total. The number of benzene rings is 2. The lowest BCUT2D eigenvalue weighted by atomic mass is 9.80. The number of rotatable bonds is 7. The van der Waals surface area contributed by atoms with Crippen LogP contribution in [0.25, 0.3) is 0 Å². The fraction of sp³-hybridized carbons (Fsp3) is 0.400. The van der Waals surface area contributed by atoms with E-state index >= 15 is 0 Å². The van der Waals surface area contributed by atoms with Crippen LogP contribution in [0.4, 0.5) is 4.39 Å². The standard InChI is InChI=1S/C20H24FNO4S2/c1-27(23,24)19-13-17(9-10-18(19)21)28(25,26)22-15-20(11-5-6-12-20)14-16-7-3-2-4-8-16/h2-4,7-10,13,22H,5-6,11-12,14-15H2,1H3. The maximum Gasteiger partial charge on any atom is 0.240 e. The molecule has 0 radical (unpaired) electrons. The second-order valence-corrected chi connectivity index (χ2v) is 11.3. The molecule has 1 aliphatic carbocycles. The van der Waals surface area contributed by atoms with Crippen molar-refractivity contribution in [3.8, 4) is 0 Å². The highest BCUT2D eigenvalue weighted by Crippen LogP contribution is 2.40. The monoisotopic (exact) mass is 425 g/mol. The first-order chi connectivity index (χ1) is 13.1. The number of hydrogen-bond donors (Lipinski definition) is 1. The molecule has 0 saturated heterocycles. The fourth-order valence-electron chi connectivity index (χ4n) is 3.84. The van der Waals surface area contributed by atoms with Gasteiger partial charge in [0.15, 0.2) is 9.84 Å². The van der Waals surface area contributed by atoms with E-state index < -0.39 is 30.6 Å². The molecule has 1 saturated carbocycles. The van der Waals surface area contributed by atoms with Crippen LogP contribution in [0.1, 0.15) is 31.2 Å². The molecule has 0 unspecified atom stereocenters. The Hall–Kier alpha value is -1.77. The van der Waals surface area contributed by atoms with Crippen LogP contribution in [0, 0.1) is 11.2 Å². The summed E-state index contributed by atoms with van der Waals surface area (Å²) < 4.78 is 65.3. The molecule has 28 heavy (non-hydrogen) atoms. The zero-order valence-corrected chi connectivity index (χ0v) is 17.3. The van der Waals surface area contributed by atoms with Gasteiger partial charge in [0.2, 0.25) is 10.0 Å². The SMILES string of the molecule is CS(=O)(=O)c1cc(S(=O)(=O)NCC2(Cc3ccccc3)CCCC2)ccc1F. The van der Waals surface area contributed by atoms with Crippen LogP contribution in [-0.2, 0) is 26.3 Å². The summed E-state index contributed by atoms with van der Waals surface area (Å²) in [6.45, 7) is 0.260. The number of halogens is 1. The van der Waals surface area contributed by atoms with Gasteiger partial charge in [-0.2, -0.15) is 0 Å². The third-order valence-electron chi connectivity index (χ3n) is 5.34. The molecule has 0 amide bonds. The normalized spacial score (nSPS) is 16.9. The van der Waals surface area contributed by atoms with Crippen molar-refractivity contribution in [3.63, 3.8) is 0 Å². The van der Waals surface area contributed by atoms with Gasteiger partial charge in [0.25, 0.3) is 0 Å². The van der Waals surface area contributed by atoms with Gasteiger partial charge in [-0.25, -0.2) is 25.9 Å². The molecule has 1 N–H and O–H groups in total. The summed E-state index contributed by atoms with van der Waals surface area (Å²) in [4.78, 5) is -0.863. The van der Waals surface area contributed by atoms with Crippen molar-refractivity contribution in [3.05, 3.63) is 59.9 Å². The molecule has 0 aromatic heterocycles. The number of hydrogen-bond acceptors (Lipinski definition) is 4. The average Bonchev–Trinajstić information content (AvgIpc) is 3.09. The van der Waals surface area contributed by atoms with Gasteiger partial charge in [0.05, 0.1) is 4.90 Å². The van der Waals surface area contributed by atoms with E-state index in [-0.39, 0.29) is 16.9 Å². The highest BCUT2D eigenvalue weighted by Gasteiger charge is 2.35. The van der Waals surface area contributed by atoms with Gasteiger partial charge in [0, 0.05) is 12.8 Å². The molecule has 8 heteroatoms. The molecule has 0 atom stereocenters. The number of nitrogens with one attached hydrogen (secondary N) is 1. The zero-order chi connectivity index (χ0) is 20.4. The van der Waals surface area contributed by atoms with E-state index in [0.29, 0.717) is 0 Å². The molecule has 0 spiro atoms. The van der Waals surface area contributed by atoms with Gasteiger partial charge in [-0.15, -0.1) is 0 Å². The maximum atomic E-state index is 13.8. The Bertz CT molecular complexity index is 1040. The van der Waals surface area contributed by atoms with Crippen LogP contribution in [0.5, 0.6) is 0 Å². The molecule has 2 aromatic carbocycles. The van der Waals surface area contributed by atoms with E-state index in [1.165, 1.54) is 0 Å². The van der Waals surface area contributed by atoms with E-state index in [2.05, 4.69) is 4.72 Å². The Morgan fingerprint density at radius 1 is 1.00 bits per heavy atom. The topological polar surface area (TPSA) is 80.3 Å². The smallest absolute Gasteiger partial charge is 0.224 e. The van der Waals surface area contributed by atoms with Crippen molar-refractivity contribution in [1.82, 2.24) is 4.72 Å². The quantitative estimate of drug-likeness (QED) is 0.738. The molecule has 0 heterocycles. The summed E-state index contributed by atoms with van der Waals surface area (Å²) in [6.07, 6.45) is 5.55. The molecule has 0 aliphatic heterocycles. The molecular formula is C20H24FNO4S2. The first kappa shape index (κ1) is 21.0. The summed E-state index contributed by atoms with van der Waals surface area (Å²) in [5.74, 6) is -0.960. The lowest BCUT2D eigenvalue weighted by Gasteiger charge is -2.29. The maximum absolute atomic E-state index is 13.8. The van der Waals surface area contributed by atoms with Crippen molar-refractivity contribution in [2.24, 2.45) is 5.41 Å². The van der Waals surface area contributed by atoms with Gasteiger partial charge in [0.1, 0.15) is 10.7 Å². The predicted octanol–water partition coefficient (Wildman–Crippen LogP) is 3.31. The van der Waals surface area contributed by atoms with Gasteiger partial charge in [-0.05, 0) is 48.4 Å². The molecule has 152 valence electrons. The summed E-state index contributed by atoms with van der Waals surface area (Å²) in [5, 5.41) is 0. The van der Waals surface area contributed by atoms with Crippen molar-refractivity contribution in [1.29, 1.82) is 0 Å². The van der Waals surface area contributed by atoms with Gasteiger partial charge in [-0.3, -0.25) is 0 Å². The third kappa shape index (κ3) is 4.79. The second kappa shape index (κ2) is 7.93. The van der Waals surface area contributed by atoms with Crippen molar-refractivity contribution >= 4 is 19.9 Å². The van der Waals surface area contributed by atoms with Crippen molar-refractivity contribution in [2.45, 2.75) is 41.9 Å². The van der Waals surface area contributed by atoms with Crippen LogP contribution >= 0.6 is 0 Å². The Labute approximate surface area is 166 Å². The zero-order valence-electron chi connectivity index (χ0n) is 15.7. The second-order valence-electron chi connectivity index (χ2n) is 7.56. The first-order valence-corrected chi connectivity index (χ1v) is 12.5. The van der Waals surface area contributed by atoms with Crippen LogP contribution in [0.2, 0.25) is 0 Å². The van der Waals surface area contributed by atoms with E-state index in [1.807, 2.05) is 30.3 Å². The minimum Gasteiger partial charge on any atom is -0.224 e. The summed E-state index contributed by atoms with van der Waals surface area (Å²) in [5.41, 5.74) is 0.985. The lowest BCUT2D eigenvalue weighted by molar-refractivity contribution is 0.295. The molecule has 2 aromatic rings. The van der Waals surface area contributed by atoms with Gasteiger partial charge < -0.3 is 0 Å². The Morgan fingerprint density at radius 2 is 1.64 bits per heavy atom. The molecule has 1 aliphatic rings. The Balaban J connectivity index is 1.82. The number of sulfone groups is 1. The first-order valence-electron chi connectivity index (χ1n) is 9.15. The molecule has 3 rings (SSSR count). The molecule has 0 bridgehead atoms. The Kier molecular flexibility index (Phi) is 5.93. The van der Waals surface area contributed by atoms with Crippen molar-refractivity contribution < 1.29 is 21.2 Å². The summed E-state index contributed by atoms with van der Waals surface area (Å²) in [6, 6.07) is 12.8. The van der Waals surface area contributed by atoms with Gasteiger partial charge >= 0.3 is 0 Å². The van der Waals surface area contributed by atoms with Crippen molar-refractivity contribution in [2.75, 3.05) is 12.8 Å². The molecule has 1 fully saturated rings. The van der Waals surface area contributed by atoms with E-state index in [4.69, 9.17) is 0 Å². The fourth-order valence-corrected chi connectivity index (χ4v) is 5.86. The molecular weight excluding hydrogens is 401 g/mol. The summed E-state index contributed by atoms with van der Waals surface area (Å²) in [7, 11) is -7.83. The van der Waals surface area contributed by atoms with E-state index in [0.717, 1.165) is 62.1 Å². The lowest BCUT2D eigenvalue weighted by Crippen LogP contribution is -2.37. The van der Waals surface area contributed by atoms with Crippen LogP contribution in [0.15, 0.2) is 58.3 Å². The van der Waals surface area contributed by atoms with Crippen LogP contribution < -0.4 is 4.72 Å².